The normalized spacial score (nSPS) is 26.1. The number of anilines is 1. The average Bonchev–Trinajstić information content (AvgIpc) is 3.30. The van der Waals surface area contributed by atoms with Gasteiger partial charge in [0.2, 0.25) is 6.23 Å². The molecule has 0 amide bonds. The van der Waals surface area contributed by atoms with Crippen molar-refractivity contribution in [3.63, 3.8) is 0 Å². The van der Waals surface area contributed by atoms with Crippen LogP contribution in [-0.2, 0) is 10.2 Å². The first-order chi connectivity index (χ1) is 13.8. The number of hydrogen-bond acceptors (Lipinski definition) is 6. The van der Waals surface area contributed by atoms with Gasteiger partial charge in [-0.05, 0) is 54.5 Å². The van der Waals surface area contributed by atoms with Crippen LogP contribution in [0.25, 0.3) is 10.9 Å². The smallest absolute Gasteiger partial charge is 0.301 e. The van der Waals surface area contributed by atoms with E-state index in [0.717, 1.165) is 52.7 Å². The van der Waals surface area contributed by atoms with E-state index < -0.39 is 6.23 Å². The number of nitrogens with zero attached hydrogens (tertiary/aromatic N) is 2. The summed E-state index contributed by atoms with van der Waals surface area (Å²) in [6, 6.07) is 6.60. The topological polar surface area (TPSA) is 105 Å². The molecule has 1 aliphatic carbocycles. The zero-order valence-corrected chi connectivity index (χ0v) is 17.6. The SMILES string of the molecule is Cc1cc(C2NNC(=NC3CCCC3CO)O2)nc2c(C(C)(C)C)cc(N)cc12. The number of aliphatic hydroxyl groups is 1. The summed E-state index contributed by atoms with van der Waals surface area (Å²) in [5.74, 6) is 0.216. The van der Waals surface area contributed by atoms with Gasteiger partial charge in [0, 0.05) is 23.6 Å². The lowest BCUT2D eigenvalue weighted by Crippen LogP contribution is -2.29. The van der Waals surface area contributed by atoms with Crippen molar-refractivity contribution in [3.05, 3.63) is 35.0 Å². The number of benzene rings is 1. The molecule has 0 spiro atoms. The van der Waals surface area contributed by atoms with E-state index in [-0.39, 0.29) is 24.0 Å². The standard InChI is InChI=1S/C22H31N5O2/c1-12-8-18(24-19-15(12)9-14(23)10-16(19)22(2,3)4)20-26-27-21(29-20)25-17-7-5-6-13(17)11-28/h8-10,13,17,20,26,28H,5-7,11,23H2,1-4H3,(H,25,27). The monoisotopic (exact) mass is 397 g/mol. The number of aliphatic imine (C=N–C) groups is 1. The number of aliphatic hydroxyl groups excluding tert-OH is 1. The molecule has 4 rings (SSSR count). The molecular formula is C22H31N5O2. The Morgan fingerprint density at radius 3 is 2.79 bits per heavy atom. The van der Waals surface area contributed by atoms with Crippen molar-refractivity contribution in [2.45, 2.75) is 64.6 Å². The molecule has 1 saturated carbocycles. The van der Waals surface area contributed by atoms with Gasteiger partial charge in [-0.3, -0.25) is 5.43 Å². The quantitative estimate of drug-likeness (QED) is 0.594. The second-order valence-electron chi connectivity index (χ2n) is 9.22. The lowest BCUT2D eigenvalue weighted by molar-refractivity contribution is 0.190. The van der Waals surface area contributed by atoms with Gasteiger partial charge in [0.15, 0.2) is 0 Å². The van der Waals surface area contributed by atoms with Gasteiger partial charge in [0.05, 0.1) is 17.3 Å². The number of pyridine rings is 1. The largest absolute Gasteiger partial charge is 0.438 e. The van der Waals surface area contributed by atoms with Crippen LogP contribution in [0, 0.1) is 12.8 Å². The van der Waals surface area contributed by atoms with Crippen molar-refractivity contribution in [2.75, 3.05) is 12.3 Å². The number of ether oxygens (including phenoxy) is 1. The van der Waals surface area contributed by atoms with Gasteiger partial charge in [0.25, 0.3) is 0 Å². The molecule has 2 heterocycles. The predicted octanol–water partition coefficient (Wildman–Crippen LogP) is 3.06. The minimum Gasteiger partial charge on any atom is -0.438 e. The van der Waals surface area contributed by atoms with Gasteiger partial charge >= 0.3 is 6.02 Å². The number of hydrazine groups is 1. The lowest BCUT2D eigenvalue weighted by atomic mass is 9.84. The number of nitrogens with two attached hydrogens (primary N) is 1. The van der Waals surface area contributed by atoms with Crippen molar-refractivity contribution in [1.82, 2.24) is 15.8 Å². The Hall–Kier alpha value is -2.38. The van der Waals surface area contributed by atoms with Crippen LogP contribution in [0.5, 0.6) is 0 Å². The minimum atomic E-state index is -0.420. The van der Waals surface area contributed by atoms with E-state index in [1.807, 2.05) is 18.2 Å². The molecule has 0 radical (unpaired) electrons. The molecule has 7 heteroatoms. The van der Waals surface area contributed by atoms with Gasteiger partial charge in [0.1, 0.15) is 0 Å². The van der Waals surface area contributed by atoms with E-state index in [1.165, 1.54) is 0 Å². The molecular weight excluding hydrogens is 366 g/mol. The molecule has 1 aromatic carbocycles. The van der Waals surface area contributed by atoms with Crippen LogP contribution in [0.2, 0.25) is 0 Å². The number of fused-ring (bicyclic) bond motifs is 1. The van der Waals surface area contributed by atoms with Crippen LogP contribution in [0.1, 0.15) is 63.1 Å². The molecule has 29 heavy (non-hydrogen) atoms. The highest BCUT2D eigenvalue weighted by Gasteiger charge is 2.30. The van der Waals surface area contributed by atoms with E-state index in [9.17, 15) is 5.11 Å². The molecule has 7 nitrogen and oxygen atoms in total. The molecule has 2 aromatic rings. The number of rotatable bonds is 3. The van der Waals surface area contributed by atoms with Gasteiger partial charge < -0.3 is 15.6 Å². The summed E-state index contributed by atoms with van der Waals surface area (Å²) in [4.78, 5) is 9.62. The maximum Gasteiger partial charge on any atom is 0.301 e. The number of amidine groups is 1. The van der Waals surface area contributed by atoms with Gasteiger partial charge in [-0.1, -0.05) is 27.2 Å². The number of aryl methyl sites for hydroxylation is 1. The molecule has 2 fully saturated rings. The van der Waals surface area contributed by atoms with Gasteiger partial charge in [-0.2, -0.15) is 5.43 Å². The molecule has 2 aliphatic rings. The van der Waals surface area contributed by atoms with Crippen molar-refractivity contribution < 1.29 is 9.84 Å². The second-order valence-corrected chi connectivity index (χ2v) is 9.22. The molecule has 3 atom stereocenters. The second kappa shape index (κ2) is 7.46. The third-order valence-electron chi connectivity index (χ3n) is 5.92. The minimum absolute atomic E-state index is 0.0810. The van der Waals surface area contributed by atoms with Gasteiger partial charge in [-0.25, -0.2) is 9.98 Å². The summed E-state index contributed by atoms with van der Waals surface area (Å²) in [6.07, 6.45) is 2.66. The fraction of sp³-hybridized carbons (Fsp3) is 0.545. The van der Waals surface area contributed by atoms with Crippen LogP contribution in [0.4, 0.5) is 5.69 Å². The number of hydrogen-bond donors (Lipinski definition) is 4. The zero-order chi connectivity index (χ0) is 20.8. The van der Waals surface area contributed by atoms with Gasteiger partial charge in [-0.15, -0.1) is 0 Å². The highest BCUT2D eigenvalue weighted by molar-refractivity contribution is 5.89. The first-order valence-corrected chi connectivity index (χ1v) is 10.3. The van der Waals surface area contributed by atoms with Crippen molar-refractivity contribution >= 4 is 22.6 Å². The summed E-state index contributed by atoms with van der Waals surface area (Å²) in [5.41, 5.74) is 17.0. The average molecular weight is 398 g/mol. The van der Waals surface area contributed by atoms with E-state index in [4.69, 9.17) is 15.5 Å². The zero-order valence-electron chi connectivity index (χ0n) is 17.6. The molecule has 3 unspecified atom stereocenters. The van der Waals surface area contributed by atoms with Crippen molar-refractivity contribution in [2.24, 2.45) is 10.9 Å². The van der Waals surface area contributed by atoms with Crippen LogP contribution in [0.15, 0.2) is 23.2 Å². The molecule has 156 valence electrons. The Labute approximate surface area is 171 Å². The summed E-state index contributed by atoms with van der Waals surface area (Å²) in [6.45, 7) is 8.74. The summed E-state index contributed by atoms with van der Waals surface area (Å²) in [5, 5.41) is 10.6. The van der Waals surface area contributed by atoms with Crippen molar-refractivity contribution in [1.29, 1.82) is 0 Å². The molecule has 5 N–H and O–H groups in total. The van der Waals surface area contributed by atoms with Crippen molar-refractivity contribution in [3.8, 4) is 0 Å². The van der Waals surface area contributed by atoms with Crippen LogP contribution in [0.3, 0.4) is 0 Å². The summed E-state index contributed by atoms with van der Waals surface area (Å²) < 4.78 is 6.01. The first kappa shape index (κ1) is 19.9. The van der Waals surface area contributed by atoms with E-state index in [2.05, 4.69) is 43.5 Å². The Morgan fingerprint density at radius 2 is 2.07 bits per heavy atom. The van der Waals surface area contributed by atoms with Crippen LogP contribution in [-0.4, -0.2) is 28.8 Å². The Kier molecular flexibility index (Phi) is 5.12. The number of nitrogen functional groups attached to an aromatic ring is 1. The number of nitrogens with one attached hydrogen (secondary N) is 2. The fourth-order valence-electron chi connectivity index (χ4n) is 4.29. The Morgan fingerprint density at radius 1 is 1.28 bits per heavy atom. The highest BCUT2D eigenvalue weighted by Crippen LogP contribution is 2.34. The highest BCUT2D eigenvalue weighted by atomic mass is 16.5. The Bertz CT molecular complexity index is 950. The summed E-state index contributed by atoms with van der Waals surface area (Å²) >= 11 is 0. The molecule has 1 aromatic heterocycles. The number of aromatic nitrogens is 1. The van der Waals surface area contributed by atoms with E-state index in [0.29, 0.717) is 6.02 Å². The predicted molar refractivity (Wildman–Crippen MR) is 115 cm³/mol. The molecule has 1 aliphatic heterocycles. The maximum atomic E-state index is 9.52. The third-order valence-corrected chi connectivity index (χ3v) is 5.92. The maximum absolute atomic E-state index is 9.52. The molecule has 1 saturated heterocycles. The Balaban J connectivity index is 1.66. The lowest BCUT2D eigenvalue weighted by Gasteiger charge is -2.23. The third kappa shape index (κ3) is 3.89. The van der Waals surface area contributed by atoms with Crippen LogP contribution >= 0.6 is 0 Å². The summed E-state index contributed by atoms with van der Waals surface area (Å²) in [7, 11) is 0. The van der Waals surface area contributed by atoms with E-state index >= 15 is 0 Å². The molecule has 0 bridgehead atoms. The first-order valence-electron chi connectivity index (χ1n) is 10.3. The van der Waals surface area contributed by atoms with E-state index in [1.54, 1.807) is 0 Å². The van der Waals surface area contributed by atoms with Crippen LogP contribution < -0.4 is 16.6 Å². The fourth-order valence-corrected chi connectivity index (χ4v) is 4.29.